The Morgan fingerprint density at radius 1 is 1.62 bits per heavy atom. The molecule has 0 aromatic carbocycles. The van der Waals surface area contributed by atoms with Crippen molar-refractivity contribution in [2.75, 3.05) is 26.3 Å². The fraction of sp³-hybridized carbons (Fsp3) is 0.750. The van der Waals surface area contributed by atoms with E-state index in [1.807, 2.05) is 0 Å². The zero-order valence-corrected chi connectivity index (χ0v) is 9.98. The maximum atomic E-state index is 11.3. The van der Waals surface area contributed by atoms with Crippen LogP contribution in [-0.2, 0) is 9.47 Å². The van der Waals surface area contributed by atoms with Crippen molar-refractivity contribution in [1.82, 2.24) is 4.90 Å². The summed E-state index contributed by atoms with van der Waals surface area (Å²) in [6.07, 6.45) is 4.78. The predicted molar refractivity (Wildman–Crippen MR) is 62.4 cm³/mol. The Bertz CT molecular complexity index is 230. The predicted octanol–water partition coefficient (Wildman–Crippen LogP) is 2.20. The van der Waals surface area contributed by atoms with Crippen molar-refractivity contribution < 1.29 is 14.3 Å². The number of carbonyl (C=O) groups excluding carboxylic acids is 1. The Morgan fingerprint density at radius 3 is 3.12 bits per heavy atom. The normalized spacial score (nSPS) is 19.9. The summed E-state index contributed by atoms with van der Waals surface area (Å²) in [5.74, 6) is 0. The Labute approximate surface area is 97.2 Å². The Balaban J connectivity index is 2.10. The van der Waals surface area contributed by atoms with Crippen molar-refractivity contribution >= 4 is 6.09 Å². The molecule has 0 bridgehead atoms. The van der Waals surface area contributed by atoms with Gasteiger partial charge in [0.05, 0.1) is 13.2 Å². The number of amides is 1. The molecule has 0 spiro atoms. The molecule has 1 atom stereocenters. The zero-order valence-electron chi connectivity index (χ0n) is 9.98. The van der Waals surface area contributed by atoms with Crippen molar-refractivity contribution in [3.8, 4) is 0 Å². The molecule has 0 saturated carbocycles. The van der Waals surface area contributed by atoms with Crippen LogP contribution >= 0.6 is 0 Å². The molecule has 0 radical (unpaired) electrons. The lowest BCUT2D eigenvalue weighted by Crippen LogP contribution is -2.26. The molecule has 1 aliphatic heterocycles. The van der Waals surface area contributed by atoms with Crippen LogP contribution in [0.2, 0.25) is 0 Å². The number of carbonyl (C=O) groups is 1. The van der Waals surface area contributed by atoms with Gasteiger partial charge in [-0.05, 0) is 6.42 Å². The smallest absolute Gasteiger partial charge is 0.410 e. The summed E-state index contributed by atoms with van der Waals surface area (Å²) >= 11 is 0. The van der Waals surface area contributed by atoms with E-state index >= 15 is 0 Å². The lowest BCUT2D eigenvalue weighted by molar-refractivity contribution is 0.0445. The molecule has 16 heavy (non-hydrogen) atoms. The maximum absolute atomic E-state index is 11.3. The lowest BCUT2D eigenvalue weighted by Gasteiger charge is -2.09. The van der Waals surface area contributed by atoms with Crippen LogP contribution in [0.4, 0.5) is 4.79 Å². The van der Waals surface area contributed by atoms with Crippen LogP contribution in [0.15, 0.2) is 12.7 Å². The molecule has 1 amide bonds. The SMILES string of the molecule is C=CCN1C[C@@H](COCCCCC)OC1=O. The van der Waals surface area contributed by atoms with E-state index in [1.165, 1.54) is 12.8 Å². The number of ether oxygens (including phenoxy) is 2. The van der Waals surface area contributed by atoms with E-state index in [0.717, 1.165) is 13.0 Å². The van der Waals surface area contributed by atoms with E-state index in [9.17, 15) is 4.79 Å². The quantitative estimate of drug-likeness (QED) is 0.471. The first kappa shape index (κ1) is 13.0. The Hall–Kier alpha value is -1.03. The summed E-state index contributed by atoms with van der Waals surface area (Å²) in [5.41, 5.74) is 0. The number of nitrogens with zero attached hydrogens (tertiary/aromatic N) is 1. The molecule has 1 fully saturated rings. The minimum absolute atomic E-state index is 0.117. The first-order valence-corrected chi connectivity index (χ1v) is 5.92. The van der Waals surface area contributed by atoms with Gasteiger partial charge in [0, 0.05) is 13.2 Å². The van der Waals surface area contributed by atoms with Crippen molar-refractivity contribution in [3.63, 3.8) is 0 Å². The number of unbranched alkanes of at least 4 members (excludes halogenated alkanes) is 2. The summed E-state index contributed by atoms with van der Waals surface area (Å²) in [4.78, 5) is 12.9. The van der Waals surface area contributed by atoms with Crippen LogP contribution in [-0.4, -0.2) is 43.4 Å². The molecule has 0 aromatic rings. The minimum Gasteiger partial charge on any atom is -0.442 e. The Morgan fingerprint density at radius 2 is 2.44 bits per heavy atom. The average Bonchev–Trinajstić information content (AvgIpc) is 2.60. The van der Waals surface area contributed by atoms with Crippen LogP contribution in [0, 0.1) is 0 Å². The Kier molecular flexibility index (Phi) is 5.93. The van der Waals surface area contributed by atoms with Crippen LogP contribution in [0.5, 0.6) is 0 Å². The number of cyclic esters (lactones) is 1. The molecular formula is C12H21NO3. The van der Waals surface area contributed by atoms with E-state index < -0.39 is 0 Å². The van der Waals surface area contributed by atoms with Gasteiger partial charge in [-0.15, -0.1) is 6.58 Å². The van der Waals surface area contributed by atoms with Gasteiger partial charge in [-0.1, -0.05) is 25.8 Å². The largest absolute Gasteiger partial charge is 0.442 e. The van der Waals surface area contributed by atoms with Gasteiger partial charge < -0.3 is 14.4 Å². The second-order valence-electron chi connectivity index (χ2n) is 3.98. The summed E-state index contributed by atoms with van der Waals surface area (Å²) in [7, 11) is 0. The van der Waals surface area contributed by atoms with Crippen molar-refractivity contribution in [2.45, 2.75) is 32.3 Å². The first-order chi connectivity index (χ1) is 7.77. The van der Waals surface area contributed by atoms with Crippen LogP contribution in [0.25, 0.3) is 0 Å². The molecule has 4 heteroatoms. The summed E-state index contributed by atoms with van der Waals surface area (Å²) in [5, 5.41) is 0. The third kappa shape index (κ3) is 4.23. The zero-order chi connectivity index (χ0) is 11.8. The number of rotatable bonds is 8. The van der Waals surface area contributed by atoms with Crippen LogP contribution in [0.3, 0.4) is 0 Å². The third-order valence-electron chi connectivity index (χ3n) is 2.50. The molecule has 1 aliphatic rings. The molecule has 92 valence electrons. The number of hydrogen-bond donors (Lipinski definition) is 0. The van der Waals surface area contributed by atoms with Gasteiger partial charge in [0.2, 0.25) is 0 Å². The molecule has 1 saturated heterocycles. The highest BCUT2D eigenvalue weighted by Gasteiger charge is 2.30. The van der Waals surface area contributed by atoms with Gasteiger partial charge in [0.25, 0.3) is 0 Å². The topological polar surface area (TPSA) is 38.8 Å². The third-order valence-corrected chi connectivity index (χ3v) is 2.50. The van der Waals surface area contributed by atoms with Crippen molar-refractivity contribution in [3.05, 3.63) is 12.7 Å². The molecule has 0 aromatic heterocycles. The summed E-state index contributed by atoms with van der Waals surface area (Å²) in [6.45, 7) is 8.17. The fourth-order valence-corrected chi connectivity index (χ4v) is 1.64. The van der Waals surface area contributed by atoms with E-state index in [-0.39, 0.29) is 12.2 Å². The molecule has 0 N–H and O–H groups in total. The van der Waals surface area contributed by atoms with E-state index in [0.29, 0.717) is 19.7 Å². The standard InChI is InChI=1S/C12H21NO3/c1-3-5-6-8-15-10-11-9-13(7-4-2)12(14)16-11/h4,11H,2-3,5-10H2,1H3/t11-/m0/s1. The highest BCUT2D eigenvalue weighted by atomic mass is 16.6. The van der Waals surface area contributed by atoms with Crippen molar-refractivity contribution in [2.24, 2.45) is 0 Å². The van der Waals surface area contributed by atoms with Crippen LogP contribution in [0.1, 0.15) is 26.2 Å². The average molecular weight is 227 g/mol. The molecule has 1 heterocycles. The van der Waals surface area contributed by atoms with Gasteiger partial charge >= 0.3 is 6.09 Å². The van der Waals surface area contributed by atoms with Crippen molar-refractivity contribution in [1.29, 1.82) is 0 Å². The van der Waals surface area contributed by atoms with Crippen LogP contribution < -0.4 is 0 Å². The second-order valence-corrected chi connectivity index (χ2v) is 3.98. The molecular weight excluding hydrogens is 206 g/mol. The number of hydrogen-bond acceptors (Lipinski definition) is 3. The summed E-state index contributed by atoms with van der Waals surface area (Å²) in [6, 6.07) is 0. The first-order valence-electron chi connectivity index (χ1n) is 5.92. The monoisotopic (exact) mass is 227 g/mol. The summed E-state index contributed by atoms with van der Waals surface area (Å²) < 4.78 is 10.6. The van der Waals surface area contributed by atoms with E-state index in [2.05, 4.69) is 13.5 Å². The molecule has 1 rings (SSSR count). The highest BCUT2D eigenvalue weighted by molar-refractivity contribution is 5.70. The van der Waals surface area contributed by atoms with Gasteiger partial charge in [-0.3, -0.25) is 0 Å². The molecule has 0 aliphatic carbocycles. The van der Waals surface area contributed by atoms with E-state index in [1.54, 1.807) is 11.0 Å². The van der Waals surface area contributed by atoms with Gasteiger partial charge in [0.1, 0.15) is 6.10 Å². The van der Waals surface area contributed by atoms with Gasteiger partial charge in [-0.25, -0.2) is 4.79 Å². The lowest BCUT2D eigenvalue weighted by atomic mass is 10.3. The fourth-order valence-electron chi connectivity index (χ4n) is 1.64. The second kappa shape index (κ2) is 7.28. The minimum atomic E-state index is -0.262. The van der Waals surface area contributed by atoms with Gasteiger partial charge in [0.15, 0.2) is 0 Å². The molecule has 0 unspecified atom stereocenters. The highest BCUT2D eigenvalue weighted by Crippen LogP contribution is 2.11. The van der Waals surface area contributed by atoms with Gasteiger partial charge in [-0.2, -0.15) is 0 Å². The maximum Gasteiger partial charge on any atom is 0.410 e. The van der Waals surface area contributed by atoms with E-state index in [4.69, 9.17) is 9.47 Å². The molecule has 4 nitrogen and oxygen atoms in total.